The maximum absolute atomic E-state index is 13.1. The molecule has 1 rings (SSSR count). The molecule has 0 spiro atoms. The zero-order valence-electron chi connectivity index (χ0n) is 7.19. The Hall–Kier alpha value is -0.0513. The van der Waals surface area contributed by atoms with Gasteiger partial charge < -0.3 is 0 Å². The molecule has 0 amide bonds. The van der Waals surface area contributed by atoms with Crippen LogP contribution >= 0.6 is 0 Å². The van der Waals surface area contributed by atoms with Crippen LogP contribution in [0.2, 0.25) is 14.8 Å². The van der Waals surface area contributed by atoms with Gasteiger partial charge in [-0.05, 0) is 0 Å². The SMILES string of the molecule is [CH3][Sn]([CH3])([CH3])[c]1ccccc1F. The predicted octanol–water partition coefficient (Wildman–Crippen LogP) is 2.37. The molecule has 0 atom stereocenters. The third-order valence-corrected chi connectivity index (χ3v) is 7.45. The van der Waals surface area contributed by atoms with Crippen molar-refractivity contribution in [1.29, 1.82) is 0 Å². The van der Waals surface area contributed by atoms with Crippen LogP contribution in [-0.4, -0.2) is 18.4 Å². The third kappa shape index (κ3) is 2.19. The number of hydrogen-bond donors (Lipinski definition) is 0. The van der Waals surface area contributed by atoms with Crippen molar-refractivity contribution in [1.82, 2.24) is 0 Å². The summed E-state index contributed by atoms with van der Waals surface area (Å²) in [7, 11) is 0. The first-order chi connectivity index (χ1) is 5.02. The van der Waals surface area contributed by atoms with Gasteiger partial charge in [0.15, 0.2) is 0 Å². The van der Waals surface area contributed by atoms with Crippen molar-refractivity contribution < 1.29 is 4.39 Å². The van der Waals surface area contributed by atoms with Crippen molar-refractivity contribution >= 4 is 22.0 Å². The molecule has 0 unspecified atom stereocenters. The van der Waals surface area contributed by atoms with Crippen LogP contribution in [0.1, 0.15) is 0 Å². The van der Waals surface area contributed by atoms with Crippen LogP contribution in [0, 0.1) is 5.82 Å². The first-order valence-corrected chi connectivity index (χ1v) is 13.8. The van der Waals surface area contributed by atoms with Gasteiger partial charge in [-0.25, -0.2) is 0 Å². The van der Waals surface area contributed by atoms with Crippen LogP contribution in [0.5, 0.6) is 0 Å². The Bertz CT molecular complexity index is 250. The molecule has 0 aliphatic rings. The zero-order valence-corrected chi connectivity index (χ0v) is 10.0. The van der Waals surface area contributed by atoms with Gasteiger partial charge in [0.05, 0.1) is 0 Å². The standard InChI is InChI=1S/C6H4F.3CH3.Sn/c7-6-4-2-1-3-5-6;;;;/h1-4H;3*1H3;. The van der Waals surface area contributed by atoms with E-state index in [2.05, 4.69) is 14.8 Å². The molecule has 0 radical (unpaired) electrons. The van der Waals surface area contributed by atoms with Gasteiger partial charge >= 0.3 is 71.2 Å². The van der Waals surface area contributed by atoms with E-state index in [-0.39, 0.29) is 5.82 Å². The average Bonchev–Trinajstić information content (AvgIpc) is 1.86. The first kappa shape index (κ1) is 9.04. The van der Waals surface area contributed by atoms with Crippen LogP contribution in [0.3, 0.4) is 0 Å². The van der Waals surface area contributed by atoms with E-state index in [1.165, 1.54) is 0 Å². The minimum absolute atomic E-state index is 0.0178. The van der Waals surface area contributed by atoms with Gasteiger partial charge in [0.2, 0.25) is 0 Å². The Morgan fingerprint density at radius 2 is 1.64 bits per heavy atom. The fraction of sp³-hybridized carbons (Fsp3) is 0.333. The molecule has 0 aromatic heterocycles. The summed E-state index contributed by atoms with van der Waals surface area (Å²) in [5.41, 5.74) is 0. The second kappa shape index (κ2) is 3.13. The Balaban J connectivity index is 3.14. The van der Waals surface area contributed by atoms with Gasteiger partial charge in [-0.15, -0.1) is 0 Å². The molecule has 0 heterocycles. The van der Waals surface area contributed by atoms with E-state index < -0.39 is 18.4 Å². The van der Waals surface area contributed by atoms with Crippen LogP contribution in [0.4, 0.5) is 4.39 Å². The molecule has 0 saturated heterocycles. The van der Waals surface area contributed by atoms with Crippen molar-refractivity contribution in [2.45, 2.75) is 14.8 Å². The van der Waals surface area contributed by atoms with Crippen molar-refractivity contribution in [3.63, 3.8) is 0 Å². The van der Waals surface area contributed by atoms with Gasteiger partial charge in [-0.3, -0.25) is 0 Å². The number of rotatable bonds is 1. The third-order valence-electron chi connectivity index (χ3n) is 1.68. The maximum atomic E-state index is 13.1. The molecule has 0 fully saturated rings. The van der Waals surface area contributed by atoms with Crippen molar-refractivity contribution in [2.24, 2.45) is 0 Å². The normalized spacial score (nSPS) is 11.6. The summed E-state index contributed by atoms with van der Waals surface area (Å²) in [4.78, 5) is 6.65. The Morgan fingerprint density at radius 3 is 2.00 bits per heavy atom. The van der Waals surface area contributed by atoms with Crippen molar-refractivity contribution in [2.75, 3.05) is 0 Å². The molecule has 0 N–H and O–H groups in total. The summed E-state index contributed by atoms with van der Waals surface area (Å²) < 4.78 is 14.1. The van der Waals surface area contributed by atoms with Crippen LogP contribution in [0.25, 0.3) is 0 Å². The molecule has 1 aromatic rings. The summed E-state index contributed by atoms with van der Waals surface area (Å²) in [5.74, 6) is -0.0178. The molecule has 0 saturated carbocycles. The fourth-order valence-corrected chi connectivity index (χ4v) is 5.05. The molecule has 0 nitrogen and oxygen atoms in total. The van der Waals surface area contributed by atoms with Crippen LogP contribution in [-0.2, 0) is 0 Å². The molecule has 1 aromatic carbocycles. The summed E-state index contributed by atoms with van der Waals surface area (Å²) in [6, 6.07) is 7.14. The number of halogens is 1. The van der Waals surface area contributed by atoms with E-state index in [9.17, 15) is 4.39 Å². The fourth-order valence-electron chi connectivity index (χ4n) is 1.07. The van der Waals surface area contributed by atoms with Gasteiger partial charge in [0.1, 0.15) is 0 Å². The topological polar surface area (TPSA) is 0 Å². The summed E-state index contributed by atoms with van der Waals surface area (Å²) in [6.07, 6.45) is 0. The quantitative estimate of drug-likeness (QED) is 0.679. The Morgan fingerprint density at radius 1 is 1.09 bits per heavy atom. The summed E-state index contributed by atoms with van der Waals surface area (Å²) in [5, 5.41) is 0. The predicted molar refractivity (Wildman–Crippen MR) is 49.4 cm³/mol. The summed E-state index contributed by atoms with van der Waals surface area (Å²) in [6.45, 7) is 0. The second-order valence-electron chi connectivity index (χ2n) is 3.73. The van der Waals surface area contributed by atoms with Gasteiger partial charge in [-0.1, -0.05) is 0 Å². The van der Waals surface area contributed by atoms with E-state index in [1.54, 1.807) is 12.1 Å². The van der Waals surface area contributed by atoms with Crippen molar-refractivity contribution in [3.8, 4) is 0 Å². The second-order valence-corrected chi connectivity index (χ2v) is 18.1. The first-order valence-electron chi connectivity index (χ1n) is 3.77. The van der Waals surface area contributed by atoms with Crippen LogP contribution in [0.15, 0.2) is 24.3 Å². The molecule has 11 heavy (non-hydrogen) atoms. The number of benzene rings is 1. The molecule has 0 aliphatic carbocycles. The van der Waals surface area contributed by atoms with E-state index in [0.717, 1.165) is 3.58 Å². The van der Waals surface area contributed by atoms with Gasteiger partial charge in [0, 0.05) is 0 Å². The molecular formula is C9H13FSn. The molecular weight excluding hydrogens is 246 g/mol. The Labute approximate surface area is 71.3 Å². The monoisotopic (exact) mass is 260 g/mol. The average molecular weight is 259 g/mol. The minimum atomic E-state index is -2.15. The molecule has 60 valence electrons. The molecule has 2 heteroatoms. The molecule has 0 bridgehead atoms. The van der Waals surface area contributed by atoms with Gasteiger partial charge in [0.25, 0.3) is 0 Å². The van der Waals surface area contributed by atoms with E-state index in [1.807, 2.05) is 12.1 Å². The Kier molecular flexibility index (Phi) is 2.57. The van der Waals surface area contributed by atoms with E-state index in [0.29, 0.717) is 0 Å². The van der Waals surface area contributed by atoms with Gasteiger partial charge in [-0.2, -0.15) is 0 Å². The van der Waals surface area contributed by atoms with Crippen molar-refractivity contribution in [3.05, 3.63) is 30.1 Å². The van der Waals surface area contributed by atoms with E-state index in [4.69, 9.17) is 0 Å². The van der Waals surface area contributed by atoms with E-state index >= 15 is 0 Å². The zero-order chi connectivity index (χ0) is 8.48. The number of hydrogen-bond acceptors (Lipinski definition) is 0. The summed E-state index contributed by atoms with van der Waals surface area (Å²) >= 11 is -2.15. The van der Waals surface area contributed by atoms with Crippen LogP contribution < -0.4 is 3.58 Å². The molecule has 0 aliphatic heterocycles.